The minimum absolute atomic E-state index is 0.0933. The van der Waals surface area contributed by atoms with Gasteiger partial charge in [-0.3, -0.25) is 9.79 Å². The summed E-state index contributed by atoms with van der Waals surface area (Å²) in [7, 11) is 1.77. The lowest BCUT2D eigenvalue weighted by Crippen LogP contribution is -2.18. The number of hydrogen-bond acceptors (Lipinski definition) is 3. The Labute approximate surface area is 140 Å². The van der Waals surface area contributed by atoms with Gasteiger partial charge in [-0.2, -0.15) is 0 Å². The van der Waals surface area contributed by atoms with Crippen LogP contribution in [0.25, 0.3) is 0 Å². The molecule has 1 aromatic carbocycles. The van der Waals surface area contributed by atoms with Gasteiger partial charge in [0.1, 0.15) is 0 Å². The van der Waals surface area contributed by atoms with Crippen molar-refractivity contribution < 1.29 is 9.53 Å². The standard InChI is InChI=1S/C13H21NO2.C7H8/c1-4-16-13(15)8-11-7-5-6-10(2)12(11)9-14-3;1-7-5-3-2-4-6-7/h9,11H,4-8H2,1-3H3;2-6H,1H3/t11-;/m1./s1. The summed E-state index contributed by atoms with van der Waals surface area (Å²) in [4.78, 5) is 15.6. The number of esters is 1. The second-order valence-corrected chi connectivity index (χ2v) is 5.88. The average molecular weight is 315 g/mol. The van der Waals surface area contributed by atoms with Crippen molar-refractivity contribution in [1.29, 1.82) is 0 Å². The third-order valence-corrected chi connectivity index (χ3v) is 3.96. The van der Waals surface area contributed by atoms with Gasteiger partial charge in [0.2, 0.25) is 0 Å². The molecule has 2 rings (SSSR count). The van der Waals surface area contributed by atoms with Gasteiger partial charge in [-0.15, -0.1) is 0 Å². The van der Waals surface area contributed by atoms with E-state index in [4.69, 9.17) is 4.74 Å². The topological polar surface area (TPSA) is 38.7 Å². The second kappa shape index (κ2) is 10.8. The SMILES string of the molecule is CCOC(=O)C[C@H]1CCCC(C)=C1C=NC.Cc1ccccc1. The molecule has 0 spiro atoms. The molecule has 0 N–H and O–H groups in total. The first-order chi connectivity index (χ1) is 11.1. The van der Waals surface area contributed by atoms with E-state index in [9.17, 15) is 4.79 Å². The fourth-order valence-corrected chi connectivity index (χ4v) is 2.78. The summed E-state index contributed by atoms with van der Waals surface area (Å²) in [5, 5.41) is 0. The van der Waals surface area contributed by atoms with Crippen molar-refractivity contribution in [2.24, 2.45) is 10.9 Å². The van der Waals surface area contributed by atoms with Crippen LogP contribution < -0.4 is 0 Å². The van der Waals surface area contributed by atoms with Gasteiger partial charge in [0.25, 0.3) is 0 Å². The summed E-state index contributed by atoms with van der Waals surface area (Å²) in [6.45, 7) is 6.52. The Balaban J connectivity index is 0.000000313. The molecular weight excluding hydrogens is 286 g/mol. The van der Waals surface area contributed by atoms with Crippen molar-refractivity contribution in [3.05, 3.63) is 47.0 Å². The number of aliphatic imine (C=N–C) groups is 1. The molecule has 0 amide bonds. The van der Waals surface area contributed by atoms with Gasteiger partial charge in [0, 0.05) is 13.3 Å². The van der Waals surface area contributed by atoms with Gasteiger partial charge in [-0.05, 0) is 51.5 Å². The van der Waals surface area contributed by atoms with E-state index in [1.807, 2.05) is 31.3 Å². The fraction of sp³-hybridized carbons (Fsp3) is 0.500. The Bertz CT molecular complexity index is 532. The molecule has 0 aliphatic heterocycles. The van der Waals surface area contributed by atoms with E-state index in [-0.39, 0.29) is 5.97 Å². The normalized spacial score (nSPS) is 17.7. The van der Waals surface area contributed by atoms with Gasteiger partial charge in [0.15, 0.2) is 0 Å². The van der Waals surface area contributed by atoms with Crippen LogP contribution in [-0.2, 0) is 9.53 Å². The highest BCUT2D eigenvalue weighted by Gasteiger charge is 2.22. The highest BCUT2D eigenvalue weighted by atomic mass is 16.5. The first-order valence-electron chi connectivity index (χ1n) is 8.37. The van der Waals surface area contributed by atoms with Crippen LogP contribution in [0.3, 0.4) is 0 Å². The maximum atomic E-state index is 11.5. The highest BCUT2D eigenvalue weighted by Crippen LogP contribution is 2.31. The molecule has 0 heterocycles. The molecule has 0 saturated heterocycles. The zero-order valence-corrected chi connectivity index (χ0v) is 14.8. The van der Waals surface area contributed by atoms with Crippen LogP contribution in [0.4, 0.5) is 0 Å². The predicted octanol–water partition coefficient (Wildman–Crippen LogP) is 4.75. The number of hydrogen-bond donors (Lipinski definition) is 0. The van der Waals surface area contributed by atoms with E-state index in [1.54, 1.807) is 7.05 Å². The number of rotatable bonds is 4. The van der Waals surface area contributed by atoms with Crippen LogP contribution in [0.1, 0.15) is 45.1 Å². The molecule has 23 heavy (non-hydrogen) atoms. The summed E-state index contributed by atoms with van der Waals surface area (Å²) in [6, 6.07) is 10.3. The van der Waals surface area contributed by atoms with Gasteiger partial charge in [-0.25, -0.2) is 0 Å². The van der Waals surface area contributed by atoms with E-state index in [2.05, 4.69) is 31.0 Å². The van der Waals surface area contributed by atoms with Crippen LogP contribution >= 0.6 is 0 Å². The van der Waals surface area contributed by atoms with E-state index in [0.717, 1.165) is 19.3 Å². The zero-order chi connectivity index (χ0) is 17.1. The monoisotopic (exact) mass is 315 g/mol. The Morgan fingerprint density at radius 1 is 1.30 bits per heavy atom. The summed E-state index contributed by atoms with van der Waals surface area (Å²) in [5.74, 6) is 0.209. The van der Waals surface area contributed by atoms with Crippen molar-refractivity contribution in [3.63, 3.8) is 0 Å². The molecule has 0 radical (unpaired) electrons. The molecule has 0 bridgehead atoms. The molecule has 1 aliphatic carbocycles. The van der Waals surface area contributed by atoms with Gasteiger partial charge in [0.05, 0.1) is 13.0 Å². The molecule has 1 atom stereocenters. The minimum Gasteiger partial charge on any atom is -0.466 e. The quantitative estimate of drug-likeness (QED) is 0.594. The summed E-state index contributed by atoms with van der Waals surface area (Å²) >= 11 is 0. The smallest absolute Gasteiger partial charge is 0.306 e. The lowest BCUT2D eigenvalue weighted by atomic mass is 9.82. The Morgan fingerprint density at radius 3 is 2.52 bits per heavy atom. The molecule has 126 valence electrons. The van der Waals surface area contributed by atoms with E-state index in [1.165, 1.54) is 16.7 Å². The fourth-order valence-electron chi connectivity index (χ4n) is 2.78. The zero-order valence-electron chi connectivity index (χ0n) is 14.8. The van der Waals surface area contributed by atoms with Gasteiger partial charge >= 0.3 is 5.97 Å². The van der Waals surface area contributed by atoms with Crippen LogP contribution in [0.15, 0.2) is 46.5 Å². The van der Waals surface area contributed by atoms with Crippen LogP contribution in [0, 0.1) is 12.8 Å². The number of allylic oxidation sites excluding steroid dienone is 2. The van der Waals surface area contributed by atoms with Crippen molar-refractivity contribution in [3.8, 4) is 0 Å². The van der Waals surface area contributed by atoms with E-state index in [0.29, 0.717) is 18.9 Å². The molecule has 3 heteroatoms. The number of carbonyl (C=O) groups excluding carboxylic acids is 1. The number of carbonyl (C=O) groups is 1. The maximum absolute atomic E-state index is 11.5. The average Bonchev–Trinajstić information content (AvgIpc) is 2.52. The molecule has 0 saturated carbocycles. The lowest BCUT2D eigenvalue weighted by molar-refractivity contribution is -0.144. The molecule has 0 aromatic heterocycles. The van der Waals surface area contributed by atoms with Crippen LogP contribution in [-0.4, -0.2) is 25.8 Å². The largest absolute Gasteiger partial charge is 0.466 e. The van der Waals surface area contributed by atoms with Crippen LogP contribution in [0.2, 0.25) is 0 Å². The third kappa shape index (κ3) is 7.27. The number of nitrogens with zero attached hydrogens (tertiary/aromatic N) is 1. The van der Waals surface area contributed by atoms with Gasteiger partial charge < -0.3 is 4.74 Å². The third-order valence-electron chi connectivity index (χ3n) is 3.96. The molecule has 1 aromatic rings. The first-order valence-corrected chi connectivity index (χ1v) is 8.37. The number of benzene rings is 1. The summed E-state index contributed by atoms with van der Waals surface area (Å²) in [6.07, 6.45) is 5.75. The van der Waals surface area contributed by atoms with Gasteiger partial charge in [-0.1, -0.05) is 41.5 Å². The number of aryl methyl sites for hydroxylation is 1. The van der Waals surface area contributed by atoms with E-state index >= 15 is 0 Å². The predicted molar refractivity (Wildman–Crippen MR) is 96.9 cm³/mol. The molecule has 0 fully saturated rings. The second-order valence-electron chi connectivity index (χ2n) is 5.88. The van der Waals surface area contributed by atoms with E-state index < -0.39 is 0 Å². The Kier molecular flexibility index (Phi) is 8.96. The highest BCUT2D eigenvalue weighted by molar-refractivity contribution is 5.82. The molecule has 1 aliphatic rings. The molecule has 0 unspecified atom stereocenters. The van der Waals surface area contributed by atoms with Crippen molar-refractivity contribution >= 4 is 12.2 Å². The summed E-state index contributed by atoms with van der Waals surface area (Å²) < 4.78 is 5.00. The Morgan fingerprint density at radius 2 is 2.00 bits per heavy atom. The number of ether oxygens (including phenoxy) is 1. The molecular formula is C20H29NO2. The van der Waals surface area contributed by atoms with Crippen molar-refractivity contribution in [2.75, 3.05) is 13.7 Å². The Hall–Kier alpha value is -1.90. The maximum Gasteiger partial charge on any atom is 0.306 e. The summed E-state index contributed by atoms with van der Waals surface area (Å²) in [5.41, 5.74) is 3.93. The lowest BCUT2D eigenvalue weighted by Gasteiger charge is -2.24. The van der Waals surface area contributed by atoms with Crippen molar-refractivity contribution in [2.45, 2.75) is 46.5 Å². The van der Waals surface area contributed by atoms with Crippen molar-refractivity contribution in [1.82, 2.24) is 0 Å². The molecule has 3 nitrogen and oxygen atoms in total. The van der Waals surface area contributed by atoms with Crippen LogP contribution in [0.5, 0.6) is 0 Å². The first kappa shape index (κ1) is 19.1. The minimum atomic E-state index is -0.0933.